The zero-order valence-electron chi connectivity index (χ0n) is 12.3. The second-order valence-corrected chi connectivity index (χ2v) is 5.78. The summed E-state index contributed by atoms with van der Waals surface area (Å²) < 4.78 is 0. The van der Waals surface area contributed by atoms with Gasteiger partial charge in [-0.05, 0) is 30.2 Å². The minimum absolute atomic E-state index is 0.105. The molecule has 120 valence electrons. The van der Waals surface area contributed by atoms with E-state index in [1.54, 1.807) is 12.1 Å². The average molecular weight is 351 g/mol. The van der Waals surface area contributed by atoms with Crippen LogP contribution in [0.5, 0.6) is 0 Å². The van der Waals surface area contributed by atoms with E-state index in [0.29, 0.717) is 28.6 Å². The van der Waals surface area contributed by atoms with Crippen molar-refractivity contribution in [2.24, 2.45) is 0 Å². The fraction of sp³-hybridized carbons (Fsp3) is 0.176. The van der Waals surface area contributed by atoms with Gasteiger partial charge < -0.3 is 10.6 Å². The van der Waals surface area contributed by atoms with Crippen molar-refractivity contribution in [1.82, 2.24) is 5.32 Å². The molecule has 4 nitrogen and oxygen atoms in total. The summed E-state index contributed by atoms with van der Waals surface area (Å²) in [7, 11) is 0. The molecule has 2 N–H and O–H groups in total. The van der Waals surface area contributed by atoms with Gasteiger partial charge in [0.05, 0.1) is 17.3 Å². The molecule has 2 aromatic rings. The van der Waals surface area contributed by atoms with Crippen molar-refractivity contribution in [1.29, 1.82) is 0 Å². The van der Waals surface area contributed by atoms with Crippen LogP contribution < -0.4 is 10.6 Å². The van der Waals surface area contributed by atoms with Gasteiger partial charge in [-0.25, -0.2) is 0 Å². The predicted octanol–water partition coefficient (Wildman–Crippen LogP) is 3.68. The molecule has 0 aliphatic heterocycles. The van der Waals surface area contributed by atoms with E-state index in [0.717, 1.165) is 5.56 Å². The first kappa shape index (κ1) is 17.3. The molecule has 2 aromatic carbocycles. The molecule has 0 unspecified atom stereocenters. The molecule has 0 spiro atoms. The first-order valence-corrected chi connectivity index (χ1v) is 7.86. The number of hydrogen-bond acceptors (Lipinski definition) is 2. The first-order valence-electron chi connectivity index (χ1n) is 7.10. The van der Waals surface area contributed by atoms with Crippen LogP contribution in [0.2, 0.25) is 10.0 Å². The number of amides is 2. The van der Waals surface area contributed by atoms with Crippen molar-refractivity contribution < 1.29 is 9.59 Å². The number of benzene rings is 2. The smallest absolute Gasteiger partial charge is 0.243 e. The number of carbonyl (C=O) groups excluding carboxylic acids is 2. The van der Waals surface area contributed by atoms with Crippen LogP contribution in [-0.4, -0.2) is 18.4 Å². The van der Waals surface area contributed by atoms with Crippen LogP contribution in [0.15, 0.2) is 48.5 Å². The second-order valence-electron chi connectivity index (χ2n) is 4.93. The van der Waals surface area contributed by atoms with Gasteiger partial charge >= 0.3 is 0 Å². The van der Waals surface area contributed by atoms with Gasteiger partial charge in [0.25, 0.3) is 0 Å². The van der Waals surface area contributed by atoms with Crippen LogP contribution in [0.25, 0.3) is 0 Å². The van der Waals surface area contributed by atoms with Crippen molar-refractivity contribution in [3.8, 4) is 0 Å². The van der Waals surface area contributed by atoms with Gasteiger partial charge in [-0.3, -0.25) is 9.59 Å². The van der Waals surface area contributed by atoms with Gasteiger partial charge in [0.2, 0.25) is 11.8 Å². The Labute approximate surface area is 144 Å². The average Bonchev–Trinajstić information content (AvgIpc) is 2.54. The Morgan fingerprint density at radius 3 is 2.39 bits per heavy atom. The Kier molecular flexibility index (Phi) is 6.44. The van der Waals surface area contributed by atoms with E-state index < -0.39 is 0 Å². The molecule has 2 amide bonds. The lowest BCUT2D eigenvalue weighted by Gasteiger charge is -2.08. The van der Waals surface area contributed by atoms with Gasteiger partial charge in [0, 0.05) is 11.4 Å². The van der Waals surface area contributed by atoms with Gasteiger partial charge in [0.1, 0.15) is 0 Å². The molecule has 0 saturated heterocycles. The fourth-order valence-electron chi connectivity index (χ4n) is 1.96. The molecule has 0 fully saturated rings. The molecule has 0 aliphatic carbocycles. The number of rotatable bonds is 6. The standard InChI is InChI=1S/C17H16Cl2N2O2/c18-13-7-8-15(14(19)10-13)21-17(23)11-20-16(22)9-6-12-4-2-1-3-5-12/h1-5,7-8,10H,6,9,11H2,(H,20,22)(H,21,23). The van der Waals surface area contributed by atoms with Gasteiger partial charge in [-0.1, -0.05) is 53.5 Å². The molecule has 23 heavy (non-hydrogen) atoms. The van der Waals surface area contributed by atoms with Crippen molar-refractivity contribution in [3.63, 3.8) is 0 Å². The van der Waals surface area contributed by atoms with Crippen molar-refractivity contribution >= 4 is 40.7 Å². The maximum Gasteiger partial charge on any atom is 0.243 e. The van der Waals surface area contributed by atoms with E-state index in [2.05, 4.69) is 10.6 Å². The summed E-state index contributed by atoms with van der Waals surface area (Å²) in [6.07, 6.45) is 0.969. The fourth-order valence-corrected chi connectivity index (χ4v) is 2.41. The SMILES string of the molecule is O=C(CCc1ccccc1)NCC(=O)Nc1ccc(Cl)cc1Cl. The first-order chi connectivity index (χ1) is 11.0. The number of anilines is 1. The van der Waals surface area contributed by atoms with Crippen molar-refractivity contribution in [2.45, 2.75) is 12.8 Å². The molecular weight excluding hydrogens is 335 g/mol. The maximum atomic E-state index is 11.8. The van der Waals surface area contributed by atoms with Crippen LogP contribution in [0.4, 0.5) is 5.69 Å². The van der Waals surface area contributed by atoms with E-state index in [4.69, 9.17) is 23.2 Å². The Bertz CT molecular complexity index is 690. The van der Waals surface area contributed by atoms with Gasteiger partial charge in [0.15, 0.2) is 0 Å². The lowest BCUT2D eigenvalue weighted by Crippen LogP contribution is -2.33. The third-order valence-corrected chi connectivity index (χ3v) is 3.68. The highest BCUT2D eigenvalue weighted by Crippen LogP contribution is 2.25. The van der Waals surface area contributed by atoms with Crippen LogP contribution in [0, 0.1) is 0 Å². The molecule has 0 aromatic heterocycles. The number of hydrogen-bond donors (Lipinski definition) is 2. The quantitative estimate of drug-likeness (QED) is 0.834. The van der Waals surface area contributed by atoms with E-state index in [1.165, 1.54) is 6.07 Å². The molecule has 0 radical (unpaired) electrons. The monoisotopic (exact) mass is 350 g/mol. The maximum absolute atomic E-state index is 11.8. The highest BCUT2D eigenvalue weighted by atomic mass is 35.5. The third-order valence-electron chi connectivity index (χ3n) is 3.13. The number of carbonyl (C=O) groups is 2. The van der Waals surface area contributed by atoms with Gasteiger partial charge in [-0.15, -0.1) is 0 Å². The molecule has 0 aliphatic rings. The molecule has 2 rings (SSSR count). The Morgan fingerprint density at radius 2 is 1.70 bits per heavy atom. The summed E-state index contributed by atoms with van der Waals surface area (Å²) in [5.41, 5.74) is 1.54. The van der Waals surface area contributed by atoms with Gasteiger partial charge in [-0.2, -0.15) is 0 Å². The van der Waals surface area contributed by atoms with Crippen molar-refractivity contribution in [2.75, 3.05) is 11.9 Å². The molecule has 0 heterocycles. The summed E-state index contributed by atoms with van der Waals surface area (Å²) in [4.78, 5) is 23.6. The molecular formula is C17H16Cl2N2O2. The normalized spacial score (nSPS) is 10.2. The van der Waals surface area contributed by atoms with Crippen molar-refractivity contribution in [3.05, 3.63) is 64.1 Å². The second kappa shape index (κ2) is 8.56. The highest BCUT2D eigenvalue weighted by Gasteiger charge is 2.08. The zero-order chi connectivity index (χ0) is 16.7. The largest absolute Gasteiger partial charge is 0.347 e. The van der Waals surface area contributed by atoms with E-state index >= 15 is 0 Å². The molecule has 0 saturated carbocycles. The Morgan fingerprint density at radius 1 is 0.957 bits per heavy atom. The van der Waals surface area contributed by atoms with E-state index in [1.807, 2.05) is 30.3 Å². The lowest BCUT2D eigenvalue weighted by atomic mass is 10.1. The summed E-state index contributed by atoms with van der Waals surface area (Å²) in [6.45, 7) is -0.105. The summed E-state index contributed by atoms with van der Waals surface area (Å²) in [5.74, 6) is -0.520. The van der Waals surface area contributed by atoms with Crippen LogP contribution in [0.3, 0.4) is 0 Å². The molecule has 6 heteroatoms. The lowest BCUT2D eigenvalue weighted by molar-refractivity contribution is -0.124. The van der Waals surface area contributed by atoms with E-state index in [-0.39, 0.29) is 18.4 Å². The molecule has 0 bridgehead atoms. The highest BCUT2D eigenvalue weighted by molar-refractivity contribution is 6.36. The third kappa shape index (κ3) is 5.93. The number of aryl methyl sites for hydroxylation is 1. The topological polar surface area (TPSA) is 58.2 Å². The van der Waals surface area contributed by atoms with Crippen LogP contribution >= 0.6 is 23.2 Å². The van der Waals surface area contributed by atoms with E-state index in [9.17, 15) is 9.59 Å². The number of nitrogens with one attached hydrogen (secondary N) is 2. The molecule has 0 atom stereocenters. The Balaban J connectivity index is 1.74. The zero-order valence-corrected chi connectivity index (χ0v) is 13.8. The summed E-state index contributed by atoms with van der Waals surface area (Å²) in [5, 5.41) is 6.04. The van der Waals surface area contributed by atoms with Crippen LogP contribution in [-0.2, 0) is 16.0 Å². The summed E-state index contributed by atoms with van der Waals surface area (Å²) in [6, 6.07) is 14.5. The predicted molar refractivity (Wildman–Crippen MR) is 92.9 cm³/mol. The Hall–Kier alpha value is -2.04. The minimum atomic E-state index is -0.345. The number of halogens is 2. The minimum Gasteiger partial charge on any atom is -0.347 e. The summed E-state index contributed by atoms with van der Waals surface area (Å²) >= 11 is 11.8. The van der Waals surface area contributed by atoms with Crippen LogP contribution in [0.1, 0.15) is 12.0 Å².